The van der Waals surface area contributed by atoms with Crippen molar-refractivity contribution in [2.24, 2.45) is 5.92 Å². The molecule has 5 heteroatoms. The van der Waals surface area contributed by atoms with Crippen LogP contribution in [0.15, 0.2) is 30.3 Å². The topological polar surface area (TPSA) is 70.0 Å². The maximum absolute atomic E-state index is 12.2. The van der Waals surface area contributed by atoms with Crippen molar-refractivity contribution in [1.29, 1.82) is 0 Å². The molecule has 22 heavy (non-hydrogen) atoms. The third-order valence-corrected chi connectivity index (χ3v) is 3.73. The van der Waals surface area contributed by atoms with Gasteiger partial charge in [0.05, 0.1) is 18.8 Å². The highest BCUT2D eigenvalue weighted by Gasteiger charge is 2.37. The maximum Gasteiger partial charge on any atom is 0.410 e. The van der Waals surface area contributed by atoms with Crippen LogP contribution in [-0.4, -0.2) is 52.1 Å². The van der Waals surface area contributed by atoms with Gasteiger partial charge >= 0.3 is 6.09 Å². The number of rotatable bonds is 2. The third-order valence-electron chi connectivity index (χ3n) is 3.73. The van der Waals surface area contributed by atoms with Gasteiger partial charge in [0.15, 0.2) is 0 Å². The average molecular weight is 307 g/mol. The van der Waals surface area contributed by atoms with Crippen LogP contribution >= 0.6 is 0 Å². The number of hydrogen-bond donors (Lipinski definition) is 2. The van der Waals surface area contributed by atoms with Gasteiger partial charge in [0.2, 0.25) is 0 Å². The molecule has 0 bridgehead atoms. The number of carbonyl (C=O) groups is 1. The zero-order chi connectivity index (χ0) is 16.3. The lowest BCUT2D eigenvalue weighted by atomic mass is 9.87. The lowest BCUT2D eigenvalue weighted by molar-refractivity contribution is -0.0763. The summed E-state index contributed by atoms with van der Waals surface area (Å²) in [6, 6.07) is 9.76. The first-order valence-corrected chi connectivity index (χ1v) is 7.64. The number of carbonyl (C=O) groups excluding carboxylic acids is 1. The van der Waals surface area contributed by atoms with Crippen LogP contribution in [-0.2, 0) is 11.2 Å². The maximum atomic E-state index is 12.2. The zero-order valence-electron chi connectivity index (χ0n) is 13.4. The van der Waals surface area contributed by atoms with Crippen molar-refractivity contribution in [3.8, 4) is 0 Å². The second kappa shape index (κ2) is 6.67. The SMILES string of the molecule is CC(C)(C)OC(=O)N1C[C@H](Cc2ccccc2)[C@@H](O)[C@H](O)C1. The first-order valence-electron chi connectivity index (χ1n) is 7.64. The molecule has 0 saturated carbocycles. The fraction of sp³-hybridized carbons (Fsp3) is 0.588. The van der Waals surface area contributed by atoms with Crippen molar-refractivity contribution < 1.29 is 19.7 Å². The first kappa shape index (κ1) is 16.8. The normalized spacial score (nSPS) is 25.9. The molecule has 5 nitrogen and oxygen atoms in total. The summed E-state index contributed by atoms with van der Waals surface area (Å²) in [6.07, 6.45) is -1.62. The van der Waals surface area contributed by atoms with E-state index < -0.39 is 23.9 Å². The summed E-state index contributed by atoms with van der Waals surface area (Å²) in [7, 11) is 0. The third kappa shape index (κ3) is 4.45. The number of aliphatic hydroxyl groups excluding tert-OH is 2. The highest BCUT2D eigenvalue weighted by Crippen LogP contribution is 2.23. The van der Waals surface area contributed by atoms with Crippen molar-refractivity contribution in [1.82, 2.24) is 4.90 Å². The van der Waals surface area contributed by atoms with Crippen LogP contribution in [0.1, 0.15) is 26.3 Å². The number of piperidine rings is 1. The van der Waals surface area contributed by atoms with Gasteiger partial charge in [-0.1, -0.05) is 30.3 Å². The minimum Gasteiger partial charge on any atom is -0.444 e. The van der Waals surface area contributed by atoms with Gasteiger partial charge in [-0.25, -0.2) is 4.79 Å². The highest BCUT2D eigenvalue weighted by molar-refractivity contribution is 5.68. The second-order valence-electron chi connectivity index (χ2n) is 6.89. The molecule has 0 aromatic heterocycles. The van der Waals surface area contributed by atoms with E-state index in [1.807, 2.05) is 51.1 Å². The van der Waals surface area contributed by atoms with E-state index in [0.29, 0.717) is 13.0 Å². The average Bonchev–Trinajstić information content (AvgIpc) is 2.43. The molecule has 1 fully saturated rings. The molecule has 1 aromatic rings. The Morgan fingerprint density at radius 1 is 1.23 bits per heavy atom. The fourth-order valence-corrected chi connectivity index (χ4v) is 2.69. The van der Waals surface area contributed by atoms with E-state index in [1.54, 1.807) is 0 Å². The Bertz CT molecular complexity index is 497. The van der Waals surface area contributed by atoms with Gasteiger partial charge in [-0.3, -0.25) is 0 Å². The minimum absolute atomic E-state index is 0.0986. The largest absolute Gasteiger partial charge is 0.444 e. The molecule has 0 spiro atoms. The van der Waals surface area contributed by atoms with Gasteiger partial charge in [0.25, 0.3) is 0 Å². The zero-order valence-corrected chi connectivity index (χ0v) is 13.4. The van der Waals surface area contributed by atoms with Crippen molar-refractivity contribution in [3.05, 3.63) is 35.9 Å². The van der Waals surface area contributed by atoms with Crippen LogP contribution in [0.5, 0.6) is 0 Å². The molecule has 0 aliphatic carbocycles. The molecular weight excluding hydrogens is 282 g/mol. The molecule has 122 valence electrons. The molecule has 0 radical (unpaired) electrons. The Morgan fingerprint density at radius 3 is 2.45 bits per heavy atom. The summed E-state index contributed by atoms with van der Waals surface area (Å²) in [5.74, 6) is -0.210. The molecule has 3 atom stereocenters. The van der Waals surface area contributed by atoms with E-state index >= 15 is 0 Å². The summed E-state index contributed by atoms with van der Waals surface area (Å²) in [5.41, 5.74) is 0.498. The number of benzene rings is 1. The molecule has 1 aliphatic rings. The van der Waals surface area contributed by atoms with Gasteiger partial charge in [0.1, 0.15) is 5.60 Å². The summed E-state index contributed by atoms with van der Waals surface area (Å²) in [4.78, 5) is 13.7. The van der Waals surface area contributed by atoms with Crippen LogP contribution in [0, 0.1) is 5.92 Å². The van der Waals surface area contributed by atoms with Crippen molar-refractivity contribution >= 4 is 6.09 Å². The Hall–Kier alpha value is -1.59. The monoisotopic (exact) mass is 307 g/mol. The molecule has 1 saturated heterocycles. The van der Waals surface area contributed by atoms with Gasteiger partial charge in [-0.15, -0.1) is 0 Å². The predicted octanol–water partition coefficient (Wildman–Crippen LogP) is 1.82. The van der Waals surface area contributed by atoms with Gasteiger partial charge in [-0.05, 0) is 32.8 Å². The van der Waals surface area contributed by atoms with Crippen LogP contribution < -0.4 is 0 Å². The van der Waals surface area contributed by atoms with Crippen molar-refractivity contribution in [2.75, 3.05) is 13.1 Å². The van der Waals surface area contributed by atoms with Gasteiger partial charge < -0.3 is 19.8 Å². The Balaban J connectivity index is 2.05. The number of hydrogen-bond acceptors (Lipinski definition) is 4. The van der Waals surface area contributed by atoms with E-state index in [1.165, 1.54) is 4.90 Å². The highest BCUT2D eigenvalue weighted by atomic mass is 16.6. The van der Waals surface area contributed by atoms with Crippen LogP contribution in [0.25, 0.3) is 0 Å². The Morgan fingerprint density at radius 2 is 1.86 bits per heavy atom. The molecule has 1 aliphatic heterocycles. The predicted molar refractivity (Wildman–Crippen MR) is 83.5 cm³/mol. The minimum atomic E-state index is -0.949. The smallest absolute Gasteiger partial charge is 0.410 e. The number of ether oxygens (including phenoxy) is 1. The number of aliphatic hydroxyl groups is 2. The number of nitrogens with zero attached hydrogens (tertiary/aromatic N) is 1. The van der Waals surface area contributed by atoms with Gasteiger partial charge in [0, 0.05) is 12.5 Å². The lowest BCUT2D eigenvalue weighted by Crippen LogP contribution is -2.55. The molecule has 1 amide bonds. The molecule has 1 aromatic carbocycles. The fourth-order valence-electron chi connectivity index (χ4n) is 2.69. The standard InChI is InChI=1S/C17H25NO4/c1-17(2,3)22-16(21)18-10-13(15(20)14(19)11-18)9-12-7-5-4-6-8-12/h4-8,13-15,19-20H,9-11H2,1-3H3/t13-,14+,15+/m0/s1. The first-order chi connectivity index (χ1) is 10.3. The summed E-state index contributed by atoms with van der Waals surface area (Å²) >= 11 is 0. The summed E-state index contributed by atoms with van der Waals surface area (Å²) in [5, 5.41) is 20.2. The van der Waals surface area contributed by atoms with E-state index in [2.05, 4.69) is 0 Å². The van der Waals surface area contributed by atoms with E-state index in [9.17, 15) is 15.0 Å². The van der Waals surface area contributed by atoms with Crippen molar-refractivity contribution in [2.45, 2.75) is 45.0 Å². The van der Waals surface area contributed by atoms with E-state index in [4.69, 9.17) is 4.74 Å². The quantitative estimate of drug-likeness (QED) is 0.874. The van der Waals surface area contributed by atoms with Crippen LogP contribution in [0.4, 0.5) is 4.79 Å². The number of likely N-dealkylation sites (tertiary alicyclic amines) is 1. The molecule has 1 heterocycles. The van der Waals surface area contributed by atoms with E-state index in [-0.39, 0.29) is 12.5 Å². The Kier molecular flexibility index (Phi) is 5.08. The molecule has 0 unspecified atom stereocenters. The molecule has 2 N–H and O–H groups in total. The van der Waals surface area contributed by atoms with Gasteiger partial charge in [-0.2, -0.15) is 0 Å². The van der Waals surface area contributed by atoms with Crippen LogP contribution in [0.3, 0.4) is 0 Å². The number of amides is 1. The second-order valence-corrected chi connectivity index (χ2v) is 6.89. The number of β-amino-alcohol motifs (C(OH)–C–C–N with tert-alkyl or cyclic N) is 1. The van der Waals surface area contributed by atoms with Crippen LogP contribution in [0.2, 0.25) is 0 Å². The summed E-state index contributed by atoms with van der Waals surface area (Å²) in [6.45, 7) is 5.90. The molecular formula is C17H25NO4. The van der Waals surface area contributed by atoms with Crippen molar-refractivity contribution in [3.63, 3.8) is 0 Å². The lowest BCUT2D eigenvalue weighted by Gasteiger charge is -2.39. The Labute approximate surface area is 131 Å². The summed E-state index contributed by atoms with van der Waals surface area (Å²) < 4.78 is 5.35. The van der Waals surface area contributed by atoms with E-state index in [0.717, 1.165) is 5.56 Å². The molecule has 2 rings (SSSR count).